The number of fused-ring (bicyclic) bond motifs is 1. The highest BCUT2D eigenvalue weighted by Crippen LogP contribution is 2.31. The molecular weight excluding hydrogens is 381 g/mol. The highest BCUT2D eigenvalue weighted by molar-refractivity contribution is 6.35. The van der Waals surface area contributed by atoms with E-state index in [9.17, 15) is 9.18 Å². The van der Waals surface area contributed by atoms with Gasteiger partial charge in [-0.25, -0.2) is 9.37 Å². The van der Waals surface area contributed by atoms with Crippen LogP contribution in [-0.2, 0) is 7.05 Å². The standard InChI is InChI=1S/C21H17ClFN3O2/c1-12-13-7-5-8-15(22)19(13)28-18(12)21(27)25-17(20-24-10-11-26(20)2)14-6-3-4-9-16(14)23/h3-11,17H,1-2H3,(H,25,27). The number of carbonyl (C=O) groups excluding carboxylic acids is 1. The van der Waals surface area contributed by atoms with Crippen molar-refractivity contribution in [2.45, 2.75) is 13.0 Å². The van der Waals surface area contributed by atoms with Gasteiger partial charge in [-0.2, -0.15) is 0 Å². The van der Waals surface area contributed by atoms with Gasteiger partial charge in [-0.05, 0) is 19.1 Å². The maximum Gasteiger partial charge on any atom is 0.288 e. The van der Waals surface area contributed by atoms with Gasteiger partial charge in [0.2, 0.25) is 0 Å². The molecule has 2 aromatic carbocycles. The van der Waals surface area contributed by atoms with Crippen LogP contribution in [0.25, 0.3) is 11.0 Å². The lowest BCUT2D eigenvalue weighted by molar-refractivity contribution is 0.0914. The third-order valence-corrected chi connectivity index (χ3v) is 5.03. The van der Waals surface area contributed by atoms with E-state index in [0.29, 0.717) is 27.6 Å². The first-order valence-electron chi connectivity index (χ1n) is 8.67. The van der Waals surface area contributed by atoms with Crippen molar-refractivity contribution < 1.29 is 13.6 Å². The van der Waals surface area contributed by atoms with Crippen molar-refractivity contribution in [3.63, 3.8) is 0 Å². The minimum Gasteiger partial charge on any atom is -0.449 e. The molecule has 0 aliphatic carbocycles. The topological polar surface area (TPSA) is 60.1 Å². The molecule has 0 aliphatic heterocycles. The predicted octanol–water partition coefficient (Wildman–Crippen LogP) is 4.79. The molecule has 0 saturated carbocycles. The number of carbonyl (C=O) groups is 1. The number of aromatic nitrogens is 2. The van der Waals surface area contributed by atoms with E-state index in [4.69, 9.17) is 16.0 Å². The van der Waals surface area contributed by atoms with E-state index in [-0.39, 0.29) is 5.76 Å². The number of hydrogen-bond donors (Lipinski definition) is 1. The molecule has 142 valence electrons. The Morgan fingerprint density at radius 1 is 1.25 bits per heavy atom. The van der Waals surface area contributed by atoms with Gasteiger partial charge in [0.1, 0.15) is 17.7 Å². The van der Waals surface area contributed by atoms with Crippen LogP contribution in [0.5, 0.6) is 0 Å². The highest BCUT2D eigenvalue weighted by atomic mass is 35.5. The van der Waals surface area contributed by atoms with Crippen LogP contribution in [0.2, 0.25) is 5.02 Å². The van der Waals surface area contributed by atoms with E-state index < -0.39 is 17.8 Å². The lowest BCUT2D eigenvalue weighted by Crippen LogP contribution is -2.31. The number of nitrogens with one attached hydrogen (secondary N) is 1. The zero-order valence-corrected chi connectivity index (χ0v) is 16.0. The van der Waals surface area contributed by atoms with Gasteiger partial charge in [0.05, 0.1) is 5.02 Å². The molecule has 4 aromatic rings. The van der Waals surface area contributed by atoms with Gasteiger partial charge >= 0.3 is 0 Å². The summed E-state index contributed by atoms with van der Waals surface area (Å²) in [7, 11) is 1.79. The van der Waals surface area contributed by atoms with Gasteiger partial charge in [-0.15, -0.1) is 0 Å². The molecule has 1 amide bonds. The fourth-order valence-corrected chi connectivity index (χ4v) is 3.48. The van der Waals surface area contributed by atoms with E-state index in [2.05, 4.69) is 10.3 Å². The fourth-order valence-electron chi connectivity index (χ4n) is 3.27. The number of imidazole rings is 1. The minimum absolute atomic E-state index is 0.138. The molecule has 0 bridgehead atoms. The second-order valence-corrected chi connectivity index (χ2v) is 6.90. The number of hydrogen-bond acceptors (Lipinski definition) is 3. The monoisotopic (exact) mass is 397 g/mol. The molecule has 0 spiro atoms. The Morgan fingerprint density at radius 2 is 2.04 bits per heavy atom. The number of para-hydroxylation sites is 1. The second kappa shape index (κ2) is 7.13. The van der Waals surface area contributed by atoms with Crippen molar-refractivity contribution in [2.75, 3.05) is 0 Å². The summed E-state index contributed by atoms with van der Waals surface area (Å²) in [6, 6.07) is 10.8. The molecule has 1 atom stereocenters. The van der Waals surface area contributed by atoms with Crippen LogP contribution in [0, 0.1) is 12.7 Å². The average molecular weight is 398 g/mol. The molecular formula is C21H17ClFN3O2. The summed E-state index contributed by atoms with van der Waals surface area (Å²) in [5.74, 6) is -0.259. The van der Waals surface area contributed by atoms with Crippen LogP contribution in [-0.4, -0.2) is 15.5 Å². The summed E-state index contributed by atoms with van der Waals surface area (Å²) in [5, 5.41) is 4.04. The molecule has 7 heteroatoms. The van der Waals surface area contributed by atoms with Crippen molar-refractivity contribution in [3.8, 4) is 0 Å². The minimum atomic E-state index is -0.781. The quantitative estimate of drug-likeness (QED) is 0.538. The summed E-state index contributed by atoms with van der Waals surface area (Å²) in [6.07, 6.45) is 3.34. The number of benzene rings is 2. The number of rotatable bonds is 4. The lowest BCUT2D eigenvalue weighted by atomic mass is 10.0. The van der Waals surface area contributed by atoms with Gasteiger partial charge in [-0.3, -0.25) is 4.79 Å². The number of halogens is 2. The Morgan fingerprint density at radius 3 is 2.71 bits per heavy atom. The first-order chi connectivity index (χ1) is 13.5. The molecule has 0 aliphatic rings. The molecule has 0 saturated heterocycles. The molecule has 1 N–H and O–H groups in total. The summed E-state index contributed by atoms with van der Waals surface area (Å²) in [5.41, 5.74) is 1.44. The van der Waals surface area contributed by atoms with E-state index in [1.54, 1.807) is 61.3 Å². The SMILES string of the molecule is Cc1c(C(=O)NC(c2ccccc2F)c2nccn2C)oc2c(Cl)cccc12. The first kappa shape index (κ1) is 18.3. The van der Waals surface area contributed by atoms with Gasteiger partial charge < -0.3 is 14.3 Å². The lowest BCUT2D eigenvalue weighted by Gasteiger charge is -2.19. The van der Waals surface area contributed by atoms with Crippen LogP contribution in [0.1, 0.15) is 33.5 Å². The first-order valence-corrected chi connectivity index (χ1v) is 9.05. The van der Waals surface area contributed by atoms with Gasteiger partial charge in [-0.1, -0.05) is 41.9 Å². The molecule has 4 rings (SSSR count). The van der Waals surface area contributed by atoms with E-state index in [0.717, 1.165) is 5.39 Å². The smallest absolute Gasteiger partial charge is 0.288 e. The van der Waals surface area contributed by atoms with Crippen molar-refractivity contribution in [1.29, 1.82) is 0 Å². The summed E-state index contributed by atoms with van der Waals surface area (Å²) in [4.78, 5) is 17.3. The van der Waals surface area contributed by atoms with Crippen LogP contribution in [0.15, 0.2) is 59.3 Å². The van der Waals surface area contributed by atoms with E-state index in [1.165, 1.54) is 6.07 Å². The van der Waals surface area contributed by atoms with Crippen LogP contribution >= 0.6 is 11.6 Å². The van der Waals surface area contributed by atoms with E-state index in [1.807, 2.05) is 6.07 Å². The Hall–Kier alpha value is -3.12. The molecule has 1 unspecified atom stereocenters. The second-order valence-electron chi connectivity index (χ2n) is 6.50. The maximum absolute atomic E-state index is 14.5. The van der Waals surface area contributed by atoms with Crippen LogP contribution < -0.4 is 5.32 Å². The zero-order valence-electron chi connectivity index (χ0n) is 15.2. The summed E-state index contributed by atoms with van der Waals surface area (Å²) in [6.45, 7) is 1.79. The number of furan rings is 1. The normalized spacial score (nSPS) is 12.3. The average Bonchev–Trinajstić information content (AvgIpc) is 3.25. The summed E-state index contributed by atoms with van der Waals surface area (Å²) < 4.78 is 22.0. The molecule has 5 nitrogen and oxygen atoms in total. The Kier molecular flexibility index (Phi) is 4.65. The van der Waals surface area contributed by atoms with E-state index >= 15 is 0 Å². The van der Waals surface area contributed by atoms with Crippen molar-refractivity contribution in [2.24, 2.45) is 7.05 Å². The molecule has 0 radical (unpaired) electrons. The Bertz CT molecular complexity index is 1180. The van der Waals surface area contributed by atoms with Crippen LogP contribution in [0.3, 0.4) is 0 Å². The molecule has 0 fully saturated rings. The third-order valence-electron chi connectivity index (χ3n) is 4.73. The van der Waals surface area contributed by atoms with Crippen LogP contribution in [0.4, 0.5) is 4.39 Å². The summed E-state index contributed by atoms with van der Waals surface area (Å²) >= 11 is 6.18. The zero-order chi connectivity index (χ0) is 19.8. The van der Waals surface area contributed by atoms with Crippen molar-refractivity contribution in [1.82, 2.24) is 14.9 Å². The number of amides is 1. The Labute approximate surface area is 165 Å². The van der Waals surface area contributed by atoms with Gasteiger partial charge in [0, 0.05) is 36.0 Å². The highest BCUT2D eigenvalue weighted by Gasteiger charge is 2.27. The number of nitrogens with zero attached hydrogens (tertiary/aromatic N) is 2. The third kappa shape index (κ3) is 3.05. The maximum atomic E-state index is 14.5. The Balaban J connectivity index is 1.77. The largest absolute Gasteiger partial charge is 0.449 e. The molecule has 2 aromatic heterocycles. The predicted molar refractivity (Wildman–Crippen MR) is 105 cm³/mol. The fraction of sp³-hybridized carbons (Fsp3) is 0.143. The van der Waals surface area contributed by atoms with Crippen molar-refractivity contribution >= 4 is 28.5 Å². The number of aryl methyl sites for hydroxylation is 2. The van der Waals surface area contributed by atoms with Gasteiger partial charge in [0.25, 0.3) is 5.91 Å². The molecule has 2 heterocycles. The van der Waals surface area contributed by atoms with Gasteiger partial charge in [0.15, 0.2) is 11.3 Å². The van der Waals surface area contributed by atoms with Crippen molar-refractivity contribution in [3.05, 3.63) is 88.4 Å². The molecule has 28 heavy (non-hydrogen) atoms.